The molecule has 1 aliphatic rings. The Morgan fingerprint density at radius 2 is 2.00 bits per heavy atom. The summed E-state index contributed by atoms with van der Waals surface area (Å²) < 4.78 is 65.7. The largest absolute Gasteiger partial charge is 0.501 e. The van der Waals surface area contributed by atoms with Crippen molar-refractivity contribution in [3.8, 4) is 0 Å². The lowest BCUT2D eigenvalue weighted by Crippen LogP contribution is -2.41. The van der Waals surface area contributed by atoms with Crippen LogP contribution in [0.3, 0.4) is 0 Å². The van der Waals surface area contributed by atoms with Gasteiger partial charge in [0.15, 0.2) is 0 Å². The van der Waals surface area contributed by atoms with Crippen LogP contribution in [0.2, 0.25) is 0 Å². The second kappa shape index (κ2) is 6.69. The van der Waals surface area contributed by atoms with Crippen LogP contribution in [0.25, 0.3) is 0 Å². The molecule has 0 saturated heterocycles. The summed E-state index contributed by atoms with van der Waals surface area (Å²) in [5.74, 6) is -1.04. The Kier molecular flexibility index (Phi) is 5.21. The van der Waals surface area contributed by atoms with E-state index in [9.17, 15) is 26.4 Å². The Balaban J connectivity index is 2.18. The topological polar surface area (TPSA) is 98.5 Å². The molecule has 0 spiro atoms. The molecule has 6 nitrogen and oxygen atoms in total. The molecule has 0 bridgehead atoms. The highest BCUT2D eigenvalue weighted by Crippen LogP contribution is 2.32. The zero-order valence-corrected chi connectivity index (χ0v) is 13.5. The minimum absolute atomic E-state index is 0.0432. The molecule has 1 amide bonds. The van der Waals surface area contributed by atoms with Crippen molar-refractivity contribution >= 4 is 21.4 Å². The highest BCUT2D eigenvalue weighted by Gasteiger charge is 2.47. The molecule has 3 N–H and O–H groups in total. The summed E-state index contributed by atoms with van der Waals surface area (Å²) in [7, 11) is -3.99. The number of halogens is 3. The number of alkyl halides is 3. The third kappa shape index (κ3) is 3.55. The number of hydrogen-bond donors (Lipinski definition) is 2. The molecule has 134 valence electrons. The summed E-state index contributed by atoms with van der Waals surface area (Å²) >= 11 is 0. The maximum absolute atomic E-state index is 12.6. The number of carbonyl (C=O) groups excluding carboxylic acids is 1. The molecular weight excluding hydrogens is 349 g/mol. The standard InChI is InChI=1S/C14H17F3N2O4S/c1-23-11-6-5-10(12(11)18)13(20)19-8-3-2-4-9(7-8)24(21,22)14(15,16)17/h2-4,7,10-12H,5-6,18H2,1H3,(H,19,20)/t10-,11-,12-/m1/s1. The zero-order valence-electron chi connectivity index (χ0n) is 12.7. The first kappa shape index (κ1) is 18.7. The molecule has 1 saturated carbocycles. The van der Waals surface area contributed by atoms with E-state index in [2.05, 4.69) is 5.32 Å². The van der Waals surface area contributed by atoms with Crippen molar-refractivity contribution in [3.05, 3.63) is 24.3 Å². The van der Waals surface area contributed by atoms with E-state index >= 15 is 0 Å². The molecule has 2 rings (SSSR count). The summed E-state index contributed by atoms with van der Waals surface area (Å²) in [4.78, 5) is 11.3. The predicted molar refractivity (Wildman–Crippen MR) is 79.8 cm³/mol. The number of anilines is 1. The van der Waals surface area contributed by atoms with Crippen molar-refractivity contribution in [2.75, 3.05) is 12.4 Å². The first-order valence-corrected chi connectivity index (χ1v) is 8.57. The van der Waals surface area contributed by atoms with E-state index in [1.54, 1.807) is 0 Å². The molecule has 1 aromatic carbocycles. The summed E-state index contributed by atoms with van der Waals surface area (Å²) in [6.07, 6.45) is 0.808. The lowest BCUT2D eigenvalue weighted by Gasteiger charge is -2.19. The number of carbonyl (C=O) groups is 1. The van der Waals surface area contributed by atoms with Gasteiger partial charge in [-0.1, -0.05) is 6.07 Å². The number of rotatable bonds is 4. The van der Waals surface area contributed by atoms with Gasteiger partial charge in [-0.05, 0) is 31.0 Å². The van der Waals surface area contributed by atoms with Crippen molar-refractivity contribution in [2.24, 2.45) is 11.7 Å². The maximum Gasteiger partial charge on any atom is 0.501 e. The Hall–Kier alpha value is -1.65. The summed E-state index contributed by atoms with van der Waals surface area (Å²) in [6.45, 7) is 0. The van der Waals surface area contributed by atoms with Gasteiger partial charge in [0.05, 0.1) is 16.9 Å². The third-order valence-corrected chi connectivity index (χ3v) is 5.50. The molecule has 0 aromatic heterocycles. The highest BCUT2D eigenvalue weighted by molar-refractivity contribution is 7.92. The number of amides is 1. The van der Waals surface area contributed by atoms with Gasteiger partial charge in [-0.3, -0.25) is 4.79 Å². The molecule has 0 radical (unpaired) electrons. The van der Waals surface area contributed by atoms with Crippen LogP contribution in [0.5, 0.6) is 0 Å². The monoisotopic (exact) mass is 366 g/mol. The van der Waals surface area contributed by atoms with E-state index in [-0.39, 0.29) is 11.8 Å². The van der Waals surface area contributed by atoms with Crippen LogP contribution >= 0.6 is 0 Å². The van der Waals surface area contributed by atoms with Crippen LogP contribution in [-0.4, -0.2) is 39.1 Å². The van der Waals surface area contributed by atoms with Gasteiger partial charge in [-0.25, -0.2) is 8.42 Å². The first-order valence-electron chi connectivity index (χ1n) is 7.08. The summed E-state index contributed by atoms with van der Waals surface area (Å²) in [5.41, 5.74) is 0.463. The normalized spacial score (nSPS) is 24.8. The van der Waals surface area contributed by atoms with Crippen molar-refractivity contribution in [1.82, 2.24) is 0 Å². The van der Waals surface area contributed by atoms with Gasteiger partial charge in [-0.15, -0.1) is 0 Å². The average Bonchev–Trinajstić information content (AvgIpc) is 2.87. The van der Waals surface area contributed by atoms with Gasteiger partial charge < -0.3 is 15.8 Å². The van der Waals surface area contributed by atoms with Crippen LogP contribution in [0.15, 0.2) is 29.2 Å². The number of methoxy groups -OCH3 is 1. The number of ether oxygens (including phenoxy) is 1. The van der Waals surface area contributed by atoms with E-state index in [1.807, 2.05) is 0 Å². The van der Waals surface area contributed by atoms with Crippen LogP contribution in [0.1, 0.15) is 12.8 Å². The summed E-state index contributed by atoms with van der Waals surface area (Å²) in [6, 6.07) is 3.50. The molecule has 1 aromatic rings. The number of hydrogen-bond acceptors (Lipinski definition) is 5. The minimum Gasteiger partial charge on any atom is -0.380 e. The first-order chi connectivity index (χ1) is 11.1. The van der Waals surface area contributed by atoms with Crippen LogP contribution < -0.4 is 11.1 Å². The fourth-order valence-electron chi connectivity index (χ4n) is 2.68. The predicted octanol–water partition coefficient (Wildman–Crippen LogP) is 1.67. The van der Waals surface area contributed by atoms with Crippen LogP contribution in [-0.2, 0) is 19.4 Å². The third-order valence-electron chi connectivity index (χ3n) is 4.01. The number of nitrogens with one attached hydrogen (secondary N) is 1. The molecule has 0 aliphatic heterocycles. The quantitative estimate of drug-likeness (QED) is 0.845. The van der Waals surface area contributed by atoms with Crippen LogP contribution in [0, 0.1) is 5.92 Å². The molecule has 0 unspecified atom stereocenters. The van der Waals surface area contributed by atoms with E-state index in [0.717, 1.165) is 18.2 Å². The van der Waals surface area contributed by atoms with E-state index in [1.165, 1.54) is 13.2 Å². The number of benzene rings is 1. The molecule has 1 aliphatic carbocycles. The molecule has 3 atom stereocenters. The zero-order chi connectivity index (χ0) is 18.1. The van der Waals surface area contributed by atoms with Crippen molar-refractivity contribution in [2.45, 2.75) is 35.4 Å². The van der Waals surface area contributed by atoms with Crippen LogP contribution in [0.4, 0.5) is 18.9 Å². The molecule has 0 heterocycles. The fourth-order valence-corrected chi connectivity index (χ4v) is 3.49. The average molecular weight is 366 g/mol. The number of sulfone groups is 1. The SMILES string of the molecule is CO[C@@H]1CC[C@@H](C(=O)Nc2cccc(S(=O)(=O)C(F)(F)F)c2)[C@H]1N. The van der Waals surface area contributed by atoms with Gasteiger partial charge in [0.2, 0.25) is 5.91 Å². The van der Waals surface area contributed by atoms with Crippen molar-refractivity contribution in [3.63, 3.8) is 0 Å². The highest BCUT2D eigenvalue weighted by atomic mass is 32.2. The van der Waals surface area contributed by atoms with Crippen molar-refractivity contribution < 1.29 is 31.1 Å². The Morgan fingerprint density at radius 3 is 2.54 bits per heavy atom. The molecule has 24 heavy (non-hydrogen) atoms. The lowest BCUT2D eigenvalue weighted by molar-refractivity contribution is -0.120. The van der Waals surface area contributed by atoms with E-state index < -0.39 is 38.1 Å². The lowest BCUT2D eigenvalue weighted by atomic mass is 10.0. The fraction of sp³-hybridized carbons (Fsp3) is 0.500. The minimum atomic E-state index is -5.47. The smallest absolute Gasteiger partial charge is 0.380 e. The molecule has 1 fully saturated rings. The van der Waals surface area contributed by atoms with Crippen molar-refractivity contribution in [1.29, 1.82) is 0 Å². The molecule has 10 heteroatoms. The Morgan fingerprint density at radius 1 is 1.33 bits per heavy atom. The summed E-state index contributed by atoms with van der Waals surface area (Å²) in [5, 5.41) is 2.42. The van der Waals surface area contributed by atoms with Gasteiger partial charge in [0.25, 0.3) is 9.84 Å². The van der Waals surface area contributed by atoms with E-state index in [0.29, 0.717) is 12.8 Å². The second-order valence-electron chi connectivity index (χ2n) is 5.50. The Labute approximate surface area is 137 Å². The second-order valence-corrected chi connectivity index (χ2v) is 7.44. The maximum atomic E-state index is 12.6. The Bertz CT molecular complexity index is 721. The molecular formula is C14H17F3N2O4S. The van der Waals surface area contributed by atoms with E-state index in [4.69, 9.17) is 10.5 Å². The van der Waals surface area contributed by atoms with Gasteiger partial charge in [0, 0.05) is 18.8 Å². The van der Waals surface area contributed by atoms with Gasteiger partial charge in [-0.2, -0.15) is 13.2 Å². The van der Waals surface area contributed by atoms with Gasteiger partial charge in [0.1, 0.15) is 0 Å². The van der Waals surface area contributed by atoms with Gasteiger partial charge >= 0.3 is 5.51 Å². The number of nitrogens with two attached hydrogens (primary N) is 1.